The predicted molar refractivity (Wildman–Crippen MR) is 60.3 cm³/mol. The van der Waals surface area contributed by atoms with Crippen LogP contribution in [0.4, 0.5) is 0 Å². The summed E-state index contributed by atoms with van der Waals surface area (Å²) in [5.41, 5.74) is 0. The third-order valence-electron chi connectivity index (χ3n) is 2.78. The summed E-state index contributed by atoms with van der Waals surface area (Å²) in [5.74, 6) is 1.39. The van der Waals surface area contributed by atoms with Crippen molar-refractivity contribution in [2.45, 2.75) is 39.7 Å². The number of hydrogen-bond acceptors (Lipinski definition) is 2. The first-order chi connectivity index (χ1) is 6.61. The fraction of sp³-hybridized carbons (Fsp3) is 0.833. The summed E-state index contributed by atoms with van der Waals surface area (Å²) in [7, 11) is 1.75. The van der Waals surface area contributed by atoms with Crippen molar-refractivity contribution in [3.63, 3.8) is 0 Å². The van der Waals surface area contributed by atoms with E-state index in [-0.39, 0.29) is 12.7 Å². The van der Waals surface area contributed by atoms with Crippen molar-refractivity contribution in [1.82, 2.24) is 0 Å². The van der Waals surface area contributed by atoms with E-state index >= 15 is 0 Å². The third-order valence-corrected chi connectivity index (χ3v) is 2.78. The van der Waals surface area contributed by atoms with E-state index in [1.165, 1.54) is 0 Å². The fourth-order valence-corrected chi connectivity index (χ4v) is 1.30. The molecule has 0 radical (unpaired) electrons. The van der Waals surface area contributed by atoms with Crippen molar-refractivity contribution in [1.29, 1.82) is 0 Å². The highest BCUT2D eigenvalue weighted by Crippen LogP contribution is 2.19. The third kappa shape index (κ3) is 6.17. The molecule has 14 heavy (non-hydrogen) atoms. The molecule has 2 atom stereocenters. The van der Waals surface area contributed by atoms with Gasteiger partial charge in [0.05, 0.1) is 12.7 Å². The van der Waals surface area contributed by atoms with E-state index in [1.807, 2.05) is 6.08 Å². The molecule has 0 rings (SSSR count). The quantitative estimate of drug-likeness (QED) is 0.640. The van der Waals surface area contributed by atoms with Crippen molar-refractivity contribution in [2.24, 2.45) is 11.8 Å². The van der Waals surface area contributed by atoms with Crippen LogP contribution in [0.15, 0.2) is 12.2 Å². The second kappa shape index (κ2) is 8.01. The normalized spacial score (nSPS) is 16.4. The number of rotatable bonds is 7. The standard InChI is InChI=1S/C12H24O2/c1-10(2)11(3)9-12(14-4)7-5-6-8-13/h5-6,10-13H,7-9H2,1-4H3. The molecular weight excluding hydrogens is 176 g/mol. The van der Waals surface area contributed by atoms with Gasteiger partial charge < -0.3 is 9.84 Å². The van der Waals surface area contributed by atoms with E-state index in [2.05, 4.69) is 20.8 Å². The predicted octanol–water partition coefficient (Wildman–Crippen LogP) is 2.62. The van der Waals surface area contributed by atoms with Gasteiger partial charge in [-0.15, -0.1) is 0 Å². The molecule has 0 saturated heterocycles. The minimum absolute atomic E-state index is 0.121. The van der Waals surface area contributed by atoms with Crippen molar-refractivity contribution in [2.75, 3.05) is 13.7 Å². The maximum absolute atomic E-state index is 8.59. The van der Waals surface area contributed by atoms with Gasteiger partial charge in [-0.3, -0.25) is 0 Å². The van der Waals surface area contributed by atoms with Gasteiger partial charge in [0.25, 0.3) is 0 Å². The summed E-state index contributed by atoms with van der Waals surface area (Å²) in [6.45, 7) is 6.85. The highest BCUT2D eigenvalue weighted by Gasteiger charge is 2.13. The van der Waals surface area contributed by atoms with Crippen molar-refractivity contribution in [3.05, 3.63) is 12.2 Å². The van der Waals surface area contributed by atoms with Crippen LogP contribution in [0.1, 0.15) is 33.6 Å². The fourth-order valence-electron chi connectivity index (χ4n) is 1.30. The molecule has 0 aliphatic carbocycles. The molecule has 0 aliphatic heterocycles. The number of ether oxygens (including phenoxy) is 1. The van der Waals surface area contributed by atoms with E-state index < -0.39 is 0 Å². The SMILES string of the molecule is COC(CC=CCO)CC(C)C(C)C. The largest absolute Gasteiger partial charge is 0.392 e. The lowest BCUT2D eigenvalue weighted by molar-refractivity contribution is 0.0778. The molecule has 0 aliphatic rings. The van der Waals surface area contributed by atoms with Crippen LogP contribution < -0.4 is 0 Å². The van der Waals surface area contributed by atoms with Gasteiger partial charge in [-0.25, -0.2) is 0 Å². The van der Waals surface area contributed by atoms with Gasteiger partial charge in [0.15, 0.2) is 0 Å². The van der Waals surface area contributed by atoms with E-state index in [0.29, 0.717) is 11.8 Å². The van der Waals surface area contributed by atoms with E-state index in [0.717, 1.165) is 12.8 Å². The zero-order valence-corrected chi connectivity index (χ0v) is 9.86. The summed E-state index contributed by atoms with van der Waals surface area (Å²) in [4.78, 5) is 0. The molecule has 0 amide bonds. The molecule has 0 bridgehead atoms. The molecule has 0 fully saturated rings. The monoisotopic (exact) mass is 200 g/mol. The van der Waals surface area contributed by atoms with E-state index in [4.69, 9.17) is 9.84 Å². The van der Waals surface area contributed by atoms with Gasteiger partial charge in [-0.2, -0.15) is 0 Å². The number of aliphatic hydroxyl groups excluding tert-OH is 1. The number of hydrogen-bond donors (Lipinski definition) is 1. The van der Waals surface area contributed by atoms with Crippen LogP contribution in [0.5, 0.6) is 0 Å². The molecule has 0 aromatic heterocycles. The van der Waals surface area contributed by atoms with Crippen LogP contribution in [-0.2, 0) is 4.74 Å². The van der Waals surface area contributed by atoms with Gasteiger partial charge in [0.1, 0.15) is 0 Å². The molecule has 0 spiro atoms. The highest BCUT2D eigenvalue weighted by molar-refractivity contribution is 4.84. The summed E-state index contributed by atoms with van der Waals surface area (Å²) in [5, 5.41) is 8.59. The molecular formula is C12H24O2. The topological polar surface area (TPSA) is 29.5 Å². The summed E-state index contributed by atoms with van der Waals surface area (Å²) in [6, 6.07) is 0. The van der Waals surface area contributed by atoms with Gasteiger partial charge in [0.2, 0.25) is 0 Å². The van der Waals surface area contributed by atoms with Crippen LogP contribution in [0.3, 0.4) is 0 Å². The lowest BCUT2D eigenvalue weighted by Gasteiger charge is -2.21. The van der Waals surface area contributed by atoms with Crippen molar-refractivity contribution < 1.29 is 9.84 Å². The zero-order valence-electron chi connectivity index (χ0n) is 9.86. The number of aliphatic hydroxyl groups is 1. The first kappa shape index (κ1) is 13.7. The maximum atomic E-state index is 8.59. The van der Waals surface area contributed by atoms with Gasteiger partial charge in [0, 0.05) is 7.11 Å². The average Bonchev–Trinajstić information content (AvgIpc) is 2.16. The molecule has 2 unspecified atom stereocenters. The molecule has 1 N–H and O–H groups in total. The van der Waals surface area contributed by atoms with Crippen LogP contribution >= 0.6 is 0 Å². The minimum Gasteiger partial charge on any atom is -0.392 e. The maximum Gasteiger partial charge on any atom is 0.0612 e. The molecule has 84 valence electrons. The lowest BCUT2D eigenvalue weighted by Crippen LogP contribution is -2.17. The molecule has 0 saturated carbocycles. The first-order valence-corrected chi connectivity index (χ1v) is 5.40. The van der Waals surface area contributed by atoms with Crippen LogP contribution in [0.2, 0.25) is 0 Å². The Labute approximate surface area is 88.0 Å². The zero-order chi connectivity index (χ0) is 11.0. The Kier molecular flexibility index (Phi) is 7.81. The molecule has 0 aromatic carbocycles. The average molecular weight is 200 g/mol. The lowest BCUT2D eigenvalue weighted by atomic mass is 9.91. The Bertz CT molecular complexity index is 152. The summed E-state index contributed by atoms with van der Waals surface area (Å²) in [6.07, 6.45) is 6.03. The van der Waals surface area contributed by atoms with Crippen molar-refractivity contribution >= 4 is 0 Å². The second-order valence-electron chi connectivity index (χ2n) is 4.20. The first-order valence-electron chi connectivity index (χ1n) is 5.40. The highest BCUT2D eigenvalue weighted by atomic mass is 16.5. The van der Waals surface area contributed by atoms with Gasteiger partial charge >= 0.3 is 0 Å². The second-order valence-corrected chi connectivity index (χ2v) is 4.20. The minimum atomic E-state index is 0.121. The molecule has 0 heterocycles. The Morgan fingerprint density at radius 1 is 1.21 bits per heavy atom. The van der Waals surface area contributed by atoms with Crippen LogP contribution in [-0.4, -0.2) is 24.9 Å². The smallest absolute Gasteiger partial charge is 0.0612 e. The molecule has 0 aromatic rings. The van der Waals surface area contributed by atoms with Gasteiger partial charge in [-0.05, 0) is 24.7 Å². The Hall–Kier alpha value is -0.340. The summed E-state index contributed by atoms with van der Waals surface area (Å²) < 4.78 is 5.38. The number of methoxy groups -OCH3 is 1. The Balaban J connectivity index is 3.84. The molecule has 2 heteroatoms. The van der Waals surface area contributed by atoms with Crippen molar-refractivity contribution in [3.8, 4) is 0 Å². The van der Waals surface area contributed by atoms with E-state index in [9.17, 15) is 0 Å². The Morgan fingerprint density at radius 2 is 1.86 bits per heavy atom. The Morgan fingerprint density at radius 3 is 2.29 bits per heavy atom. The van der Waals surface area contributed by atoms with Crippen LogP contribution in [0, 0.1) is 11.8 Å². The van der Waals surface area contributed by atoms with Gasteiger partial charge in [-0.1, -0.05) is 32.9 Å². The van der Waals surface area contributed by atoms with E-state index in [1.54, 1.807) is 13.2 Å². The van der Waals surface area contributed by atoms with Crippen LogP contribution in [0.25, 0.3) is 0 Å². The molecule has 2 nitrogen and oxygen atoms in total. The summed E-state index contributed by atoms with van der Waals surface area (Å²) >= 11 is 0.